The Labute approximate surface area is 102 Å². The van der Waals surface area contributed by atoms with Gasteiger partial charge in [-0.1, -0.05) is 30.3 Å². The summed E-state index contributed by atoms with van der Waals surface area (Å²) < 4.78 is 5.21. The monoisotopic (exact) mass is 233 g/mol. The van der Waals surface area contributed by atoms with Gasteiger partial charge in [0.25, 0.3) is 0 Å². The normalized spacial score (nSPS) is 15.3. The summed E-state index contributed by atoms with van der Waals surface area (Å²) in [7, 11) is 0. The van der Waals surface area contributed by atoms with Gasteiger partial charge >= 0.3 is 5.97 Å². The van der Waals surface area contributed by atoms with E-state index in [1.165, 1.54) is 0 Å². The van der Waals surface area contributed by atoms with Gasteiger partial charge in [-0.25, -0.2) is 0 Å². The second-order valence-electron chi connectivity index (χ2n) is 4.56. The molecule has 0 spiro atoms. The third-order valence-corrected chi connectivity index (χ3v) is 3.10. The maximum atomic E-state index is 11.5. The van der Waals surface area contributed by atoms with Crippen molar-refractivity contribution in [2.24, 2.45) is 5.92 Å². The van der Waals surface area contributed by atoms with Crippen LogP contribution >= 0.6 is 0 Å². The van der Waals surface area contributed by atoms with Crippen LogP contribution in [0.2, 0.25) is 0 Å². The second kappa shape index (κ2) is 6.40. The standard InChI is InChI=1S/C14H19NO2/c16-14(8-4-7-13-9-15-10-13)17-11-12-5-2-1-3-6-12/h1-3,5-6,13,15H,4,7-11H2. The van der Waals surface area contributed by atoms with E-state index in [1.807, 2.05) is 30.3 Å². The third-order valence-electron chi connectivity index (χ3n) is 3.10. The van der Waals surface area contributed by atoms with E-state index in [1.54, 1.807) is 0 Å². The zero-order chi connectivity index (χ0) is 11.9. The van der Waals surface area contributed by atoms with Crippen molar-refractivity contribution in [1.29, 1.82) is 0 Å². The number of carbonyl (C=O) groups is 1. The fourth-order valence-corrected chi connectivity index (χ4v) is 1.90. The van der Waals surface area contributed by atoms with Crippen molar-refractivity contribution in [2.75, 3.05) is 13.1 Å². The van der Waals surface area contributed by atoms with Gasteiger partial charge in [-0.05, 0) is 37.4 Å². The molecular weight excluding hydrogens is 214 g/mol. The van der Waals surface area contributed by atoms with Gasteiger partial charge in [0.2, 0.25) is 0 Å². The van der Waals surface area contributed by atoms with Gasteiger partial charge in [0, 0.05) is 6.42 Å². The molecule has 1 N–H and O–H groups in total. The molecular formula is C14H19NO2. The van der Waals surface area contributed by atoms with E-state index in [9.17, 15) is 4.79 Å². The van der Waals surface area contributed by atoms with Gasteiger partial charge in [-0.15, -0.1) is 0 Å². The molecule has 0 saturated carbocycles. The molecule has 1 aromatic carbocycles. The molecule has 17 heavy (non-hydrogen) atoms. The Morgan fingerprint density at radius 3 is 2.71 bits per heavy atom. The number of esters is 1. The number of hydrogen-bond donors (Lipinski definition) is 1. The van der Waals surface area contributed by atoms with Crippen LogP contribution in [-0.2, 0) is 16.1 Å². The molecule has 0 radical (unpaired) electrons. The van der Waals surface area contributed by atoms with Crippen molar-refractivity contribution in [2.45, 2.75) is 25.9 Å². The van der Waals surface area contributed by atoms with Gasteiger partial charge in [0.05, 0.1) is 0 Å². The lowest BCUT2D eigenvalue weighted by molar-refractivity contribution is -0.145. The Bertz CT molecular complexity index is 346. The molecule has 1 saturated heterocycles. The lowest BCUT2D eigenvalue weighted by atomic mass is 9.97. The Kier molecular flexibility index (Phi) is 4.56. The van der Waals surface area contributed by atoms with Crippen LogP contribution in [-0.4, -0.2) is 19.1 Å². The van der Waals surface area contributed by atoms with Crippen LogP contribution in [0, 0.1) is 5.92 Å². The molecule has 1 aromatic rings. The Hall–Kier alpha value is -1.35. The molecule has 1 aliphatic heterocycles. The van der Waals surface area contributed by atoms with Crippen molar-refractivity contribution in [1.82, 2.24) is 5.32 Å². The summed E-state index contributed by atoms with van der Waals surface area (Å²) >= 11 is 0. The molecule has 2 rings (SSSR count). The van der Waals surface area contributed by atoms with Crippen molar-refractivity contribution in [3.8, 4) is 0 Å². The molecule has 0 unspecified atom stereocenters. The largest absolute Gasteiger partial charge is 0.461 e. The minimum atomic E-state index is -0.0823. The van der Waals surface area contributed by atoms with Crippen molar-refractivity contribution < 1.29 is 9.53 Å². The van der Waals surface area contributed by atoms with E-state index < -0.39 is 0 Å². The Morgan fingerprint density at radius 1 is 1.29 bits per heavy atom. The number of benzene rings is 1. The number of hydrogen-bond acceptors (Lipinski definition) is 3. The maximum absolute atomic E-state index is 11.5. The van der Waals surface area contributed by atoms with E-state index in [4.69, 9.17) is 4.74 Å². The topological polar surface area (TPSA) is 38.3 Å². The Balaban J connectivity index is 1.57. The van der Waals surface area contributed by atoms with Crippen LogP contribution in [0.1, 0.15) is 24.8 Å². The van der Waals surface area contributed by atoms with Crippen LogP contribution in [0.4, 0.5) is 0 Å². The molecule has 0 amide bonds. The first kappa shape index (κ1) is 12.1. The maximum Gasteiger partial charge on any atom is 0.306 e. The average molecular weight is 233 g/mol. The highest BCUT2D eigenvalue weighted by Crippen LogP contribution is 2.13. The molecule has 0 atom stereocenters. The number of carbonyl (C=O) groups excluding carboxylic acids is 1. The van der Waals surface area contributed by atoms with Crippen molar-refractivity contribution >= 4 is 5.97 Å². The first-order valence-corrected chi connectivity index (χ1v) is 6.25. The van der Waals surface area contributed by atoms with Crippen LogP contribution in [0.15, 0.2) is 30.3 Å². The fraction of sp³-hybridized carbons (Fsp3) is 0.500. The zero-order valence-electron chi connectivity index (χ0n) is 10.0. The molecule has 3 heteroatoms. The van der Waals surface area contributed by atoms with Gasteiger partial charge in [0.15, 0.2) is 0 Å². The quantitative estimate of drug-likeness (QED) is 0.765. The highest BCUT2D eigenvalue weighted by molar-refractivity contribution is 5.69. The van der Waals surface area contributed by atoms with E-state index >= 15 is 0 Å². The van der Waals surface area contributed by atoms with E-state index in [-0.39, 0.29) is 5.97 Å². The van der Waals surface area contributed by atoms with E-state index in [0.717, 1.165) is 37.4 Å². The zero-order valence-corrected chi connectivity index (χ0v) is 10.0. The summed E-state index contributed by atoms with van der Waals surface area (Å²) in [6, 6.07) is 9.79. The first-order chi connectivity index (χ1) is 8.34. The highest BCUT2D eigenvalue weighted by atomic mass is 16.5. The predicted octanol–water partition coefficient (Wildman–Crippen LogP) is 2.12. The molecule has 92 valence electrons. The van der Waals surface area contributed by atoms with Crippen LogP contribution < -0.4 is 5.32 Å². The summed E-state index contributed by atoms with van der Waals surface area (Å²) in [6.07, 6.45) is 2.62. The predicted molar refractivity (Wildman–Crippen MR) is 66.4 cm³/mol. The van der Waals surface area contributed by atoms with Crippen molar-refractivity contribution in [3.63, 3.8) is 0 Å². The minimum Gasteiger partial charge on any atom is -0.461 e. The third kappa shape index (κ3) is 4.19. The molecule has 0 bridgehead atoms. The van der Waals surface area contributed by atoms with E-state index in [0.29, 0.717) is 13.0 Å². The van der Waals surface area contributed by atoms with Crippen molar-refractivity contribution in [3.05, 3.63) is 35.9 Å². The van der Waals surface area contributed by atoms with Gasteiger partial charge in [-0.3, -0.25) is 4.79 Å². The lowest BCUT2D eigenvalue weighted by Gasteiger charge is -2.26. The van der Waals surface area contributed by atoms with Crippen LogP contribution in [0.25, 0.3) is 0 Å². The van der Waals surface area contributed by atoms with Gasteiger partial charge in [-0.2, -0.15) is 0 Å². The summed E-state index contributed by atoms with van der Waals surface area (Å²) in [5.74, 6) is 0.693. The molecule has 1 aliphatic rings. The minimum absolute atomic E-state index is 0.0823. The summed E-state index contributed by atoms with van der Waals surface area (Å²) in [5, 5.41) is 3.23. The first-order valence-electron chi connectivity index (χ1n) is 6.25. The second-order valence-corrected chi connectivity index (χ2v) is 4.56. The fourth-order valence-electron chi connectivity index (χ4n) is 1.90. The van der Waals surface area contributed by atoms with Crippen LogP contribution in [0.5, 0.6) is 0 Å². The van der Waals surface area contributed by atoms with Crippen LogP contribution in [0.3, 0.4) is 0 Å². The number of rotatable bonds is 6. The molecule has 0 aliphatic carbocycles. The molecule has 1 heterocycles. The van der Waals surface area contributed by atoms with Gasteiger partial charge < -0.3 is 10.1 Å². The lowest BCUT2D eigenvalue weighted by Crippen LogP contribution is -2.41. The van der Waals surface area contributed by atoms with Gasteiger partial charge in [0.1, 0.15) is 6.61 Å². The number of nitrogens with one attached hydrogen (secondary N) is 1. The SMILES string of the molecule is O=C(CCCC1CNC1)OCc1ccccc1. The average Bonchev–Trinajstić information content (AvgIpc) is 2.31. The Morgan fingerprint density at radius 2 is 2.06 bits per heavy atom. The molecule has 3 nitrogen and oxygen atoms in total. The summed E-state index contributed by atoms with van der Waals surface area (Å²) in [4.78, 5) is 11.5. The molecule has 0 aromatic heterocycles. The summed E-state index contributed by atoms with van der Waals surface area (Å²) in [6.45, 7) is 2.61. The molecule has 1 fully saturated rings. The summed E-state index contributed by atoms with van der Waals surface area (Å²) in [5.41, 5.74) is 1.05. The van der Waals surface area contributed by atoms with E-state index in [2.05, 4.69) is 5.32 Å². The smallest absolute Gasteiger partial charge is 0.306 e. The highest BCUT2D eigenvalue weighted by Gasteiger charge is 2.16. The number of ether oxygens (including phenoxy) is 1.